The highest BCUT2D eigenvalue weighted by atomic mass is 32.2. The molecule has 0 fully saturated rings. The molecule has 7 heteroatoms. The van der Waals surface area contributed by atoms with E-state index in [9.17, 15) is 8.42 Å². The second kappa shape index (κ2) is 8.83. The molecule has 0 radical (unpaired) electrons. The molecule has 0 aliphatic rings. The minimum Gasteiger partial charge on any atom is -0.237 e. The monoisotopic (exact) mass is 432 g/mol. The van der Waals surface area contributed by atoms with Crippen molar-refractivity contribution in [1.82, 2.24) is 19.5 Å². The molecule has 31 heavy (non-hydrogen) atoms. The van der Waals surface area contributed by atoms with Gasteiger partial charge in [-0.2, -0.15) is 5.10 Å². The lowest BCUT2D eigenvalue weighted by Crippen LogP contribution is -2.26. The number of hydrogen-bond acceptors (Lipinski definition) is 4. The number of nitrogens with one attached hydrogen (secondary N) is 1. The molecule has 0 spiro atoms. The molecule has 6 nitrogen and oxygen atoms in total. The fourth-order valence-electron chi connectivity index (χ4n) is 3.59. The van der Waals surface area contributed by atoms with Crippen molar-refractivity contribution in [3.05, 3.63) is 95.9 Å². The number of pyridine rings is 1. The summed E-state index contributed by atoms with van der Waals surface area (Å²) in [5, 5.41) is 4.57. The van der Waals surface area contributed by atoms with Gasteiger partial charge in [-0.3, -0.25) is 0 Å². The van der Waals surface area contributed by atoms with Crippen molar-refractivity contribution in [2.75, 3.05) is 6.54 Å². The number of sulfonamides is 1. The number of hydrogen-bond donors (Lipinski definition) is 1. The van der Waals surface area contributed by atoms with Crippen molar-refractivity contribution in [3.63, 3.8) is 0 Å². The Balaban J connectivity index is 1.44. The lowest BCUT2D eigenvalue weighted by atomic mass is 10.1. The van der Waals surface area contributed by atoms with Crippen LogP contribution in [0.5, 0.6) is 0 Å². The lowest BCUT2D eigenvalue weighted by Gasteiger charge is -2.09. The number of rotatable bonds is 7. The molecule has 2 heterocycles. The first-order valence-corrected chi connectivity index (χ1v) is 11.6. The van der Waals surface area contributed by atoms with E-state index in [1.165, 1.54) is 0 Å². The van der Waals surface area contributed by atoms with Gasteiger partial charge in [0, 0.05) is 18.4 Å². The van der Waals surface area contributed by atoms with Gasteiger partial charge in [0.25, 0.3) is 0 Å². The zero-order valence-corrected chi connectivity index (χ0v) is 18.3. The first-order valence-electron chi connectivity index (χ1n) is 10.1. The maximum Gasteiger partial charge on any atom is 0.240 e. The van der Waals surface area contributed by atoms with Crippen LogP contribution in [0.4, 0.5) is 0 Å². The van der Waals surface area contributed by atoms with Gasteiger partial charge in [-0.25, -0.2) is 22.8 Å². The minimum absolute atomic E-state index is 0.254. The molecule has 0 atom stereocenters. The maximum atomic E-state index is 12.7. The molecule has 0 amide bonds. The summed E-state index contributed by atoms with van der Waals surface area (Å²) in [6.07, 6.45) is 2.27. The van der Waals surface area contributed by atoms with E-state index in [1.807, 2.05) is 74.5 Å². The van der Waals surface area contributed by atoms with Crippen LogP contribution in [0.2, 0.25) is 0 Å². The van der Waals surface area contributed by atoms with E-state index >= 15 is 0 Å². The summed E-state index contributed by atoms with van der Waals surface area (Å²) in [4.78, 5) is 4.60. The average Bonchev–Trinajstić information content (AvgIpc) is 3.09. The predicted octanol–water partition coefficient (Wildman–Crippen LogP) is 4.07. The maximum absolute atomic E-state index is 12.7. The van der Waals surface area contributed by atoms with Gasteiger partial charge in [-0.05, 0) is 61.2 Å². The average molecular weight is 433 g/mol. The van der Waals surface area contributed by atoms with Gasteiger partial charge in [-0.1, -0.05) is 48.5 Å². The standard InChI is InChI=1S/C24H24N4O2S/c1-18-23(19(2)28(27-18)24-10-6-7-16-25-24)15-17-26-31(29,30)22-13-11-21(12-14-22)20-8-4-3-5-9-20/h3-14,16,26H,15,17H2,1-2H3. The third-order valence-corrected chi connectivity index (χ3v) is 6.72. The molecule has 0 aliphatic heterocycles. The fourth-order valence-corrected chi connectivity index (χ4v) is 4.62. The Labute approximate surface area is 182 Å². The second-order valence-corrected chi connectivity index (χ2v) is 9.05. The SMILES string of the molecule is Cc1nn(-c2ccccn2)c(C)c1CCNS(=O)(=O)c1ccc(-c2ccccc2)cc1. The zero-order valence-electron chi connectivity index (χ0n) is 17.5. The molecule has 0 aliphatic carbocycles. The summed E-state index contributed by atoms with van der Waals surface area (Å²) in [6.45, 7) is 4.19. The van der Waals surface area contributed by atoms with Crippen molar-refractivity contribution in [2.45, 2.75) is 25.2 Å². The number of benzene rings is 2. The van der Waals surface area contributed by atoms with Crippen LogP contribution >= 0.6 is 0 Å². The van der Waals surface area contributed by atoms with Crippen LogP contribution in [0.1, 0.15) is 17.0 Å². The molecule has 0 unspecified atom stereocenters. The molecule has 0 saturated heterocycles. The predicted molar refractivity (Wildman–Crippen MR) is 122 cm³/mol. The summed E-state index contributed by atoms with van der Waals surface area (Å²) < 4.78 is 29.9. The number of nitrogens with zero attached hydrogens (tertiary/aromatic N) is 3. The molecule has 2 aromatic heterocycles. The third-order valence-electron chi connectivity index (χ3n) is 5.25. The topological polar surface area (TPSA) is 76.9 Å². The molecule has 1 N–H and O–H groups in total. The van der Waals surface area contributed by atoms with Crippen molar-refractivity contribution in [3.8, 4) is 16.9 Å². The van der Waals surface area contributed by atoms with E-state index in [1.54, 1.807) is 23.0 Å². The molecular weight excluding hydrogens is 408 g/mol. The van der Waals surface area contributed by atoms with Gasteiger partial charge in [0.05, 0.1) is 10.6 Å². The Morgan fingerprint density at radius 2 is 1.55 bits per heavy atom. The van der Waals surface area contributed by atoms with Crippen LogP contribution < -0.4 is 4.72 Å². The van der Waals surface area contributed by atoms with Crippen molar-refractivity contribution in [2.24, 2.45) is 0 Å². The summed E-state index contributed by atoms with van der Waals surface area (Å²) in [6, 6.07) is 22.5. The molecule has 0 bridgehead atoms. The minimum atomic E-state index is -3.59. The highest BCUT2D eigenvalue weighted by Crippen LogP contribution is 2.21. The smallest absolute Gasteiger partial charge is 0.237 e. The molecule has 4 rings (SSSR count). The van der Waals surface area contributed by atoms with E-state index in [0.29, 0.717) is 13.0 Å². The lowest BCUT2D eigenvalue weighted by molar-refractivity contribution is 0.581. The van der Waals surface area contributed by atoms with Gasteiger partial charge in [0.1, 0.15) is 0 Å². The van der Waals surface area contributed by atoms with Crippen LogP contribution in [0, 0.1) is 13.8 Å². The molecule has 4 aromatic rings. The van der Waals surface area contributed by atoms with Gasteiger partial charge >= 0.3 is 0 Å². The summed E-state index contributed by atoms with van der Waals surface area (Å²) in [5.74, 6) is 0.744. The van der Waals surface area contributed by atoms with E-state index in [4.69, 9.17) is 0 Å². The summed E-state index contributed by atoms with van der Waals surface area (Å²) >= 11 is 0. The van der Waals surface area contributed by atoms with Crippen molar-refractivity contribution < 1.29 is 8.42 Å². The summed E-state index contributed by atoms with van der Waals surface area (Å²) in [7, 11) is -3.59. The van der Waals surface area contributed by atoms with Crippen LogP contribution in [0.25, 0.3) is 16.9 Å². The quantitative estimate of drug-likeness (QED) is 0.478. The van der Waals surface area contributed by atoms with E-state index in [0.717, 1.165) is 33.9 Å². The third kappa shape index (κ3) is 4.57. The Kier molecular flexibility index (Phi) is 5.97. The van der Waals surface area contributed by atoms with Crippen LogP contribution in [0.15, 0.2) is 83.9 Å². The molecule has 0 saturated carbocycles. The van der Waals surface area contributed by atoms with Crippen LogP contribution in [-0.4, -0.2) is 29.7 Å². The zero-order chi connectivity index (χ0) is 21.8. The van der Waals surface area contributed by atoms with Gasteiger partial charge in [0.2, 0.25) is 10.0 Å². The van der Waals surface area contributed by atoms with Gasteiger partial charge < -0.3 is 0 Å². The fraction of sp³-hybridized carbons (Fsp3) is 0.167. The van der Waals surface area contributed by atoms with Gasteiger partial charge in [0.15, 0.2) is 5.82 Å². The number of aryl methyl sites for hydroxylation is 1. The first-order chi connectivity index (χ1) is 15.0. The Hall–Kier alpha value is -3.29. The number of aromatic nitrogens is 3. The van der Waals surface area contributed by atoms with Crippen LogP contribution in [0.3, 0.4) is 0 Å². The van der Waals surface area contributed by atoms with Crippen molar-refractivity contribution in [1.29, 1.82) is 0 Å². The Morgan fingerprint density at radius 3 is 2.23 bits per heavy atom. The van der Waals surface area contributed by atoms with E-state index in [-0.39, 0.29) is 4.90 Å². The first kappa shape index (κ1) is 21.0. The molecule has 2 aromatic carbocycles. The van der Waals surface area contributed by atoms with Crippen molar-refractivity contribution >= 4 is 10.0 Å². The molecular formula is C24H24N4O2S. The van der Waals surface area contributed by atoms with Crippen LogP contribution in [-0.2, 0) is 16.4 Å². The highest BCUT2D eigenvalue weighted by Gasteiger charge is 2.17. The molecule has 158 valence electrons. The largest absolute Gasteiger partial charge is 0.240 e. The normalized spacial score (nSPS) is 11.5. The Bertz CT molecular complexity index is 1270. The second-order valence-electron chi connectivity index (χ2n) is 7.29. The van der Waals surface area contributed by atoms with Gasteiger partial charge in [-0.15, -0.1) is 0 Å². The van der Waals surface area contributed by atoms with E-state index in [2.05, 4.69) is 14.8 Å². The highest BCUT2D eigenvalue weighted by molar-refractivity contribution is 7.89. The summed E-state index contributed by atoms with van der Waals surface area (Å²) in [5.41, 5.74) is 4.88. The van der Waals surface area contributed by atoms with E-state index < -0.39 is 10.0 Å². The Morgan fingerprint density at radius 1 is 0.871 bits per heavy atom.